The minimum absolute atomic E-state index is 0.0290. The fourth-order valence-electron chi connectivity index (χ4n) is 1.64. The zero-order valence-electron chi connectivity index (χ0n) is 9.77. The predicted molar refractivity (Wildman–Crippen MR) is 72.8 cm³/mol. The molecule has 2 rings (SSSR count). The fourth-order valence-corrected chi connectivity index (χ4v) is 1.70. The average Bonchev–Trinajstić information content (AvgIpc) is 2.42. The predicted octanol–water partition coefficient (Wildman–Crippen LogP) is 2.85. The fraction of sp³-hybridized carbons (Fsp3) is 0.143. The smallest absolute Gasteiger partial charge is 0.239 e. The number of hydrogen-bond acceptors (Lipinski definition) is 2. The van der Waals surface area contributed by atoms with E-state index in [1.54, 1.807) is 12.4 Å². The maximum absolute atomic E-state index is 11.1. The monoisotopic (exact) mass is 260 g/mol. The Hall–Kier alpha value is -1.87. The Morgan fingerprint density at radius 1 is 1.06 bits per heavy atom. The quantitative estimate of drug-likeness (QED) is 0.859. The largest absolute Gasteiger partial charge is 0.325 e. The Bertz CT molecular complexity index is 511. The molecule has 4 heteroatoms. The molecule has 0 aliphatic rings. The van der Waals surface area contributed by atoms with Gasteiger partial charge in [-0.1, -0.05) is 12.1 Å². The Morgan fingerprint density at radius 3 is 2.28 bits per heavy atom. The topological polar surface area (TPSA) is 42.0 Å². The molecule has 0 fully saturated rings. The van der Waals surface area contributed by atoms with Crippen LogP contribution in [0.3, 0.4) is 0 Å². The summed E-state index contributed by atoms with van der Waals surface area (Å²) in [5.41, 5.74) is 3.16. The minimum atomic E-state index is -0.196. The maximum Gasteiger partial charge on any atom is 0.239 e. The van der Waals surface area contributed by atoms with Crippen LogP contribution in [0.2, 0.25) is 0 Å². The minimum Gasteiger partial charge on any atom is -0.325 e. The lowest BCUT2D eigenvalue weighted by atomic mass is 10.1. The summed E-state index contributed by atoms with van der Waals surface area (Å²) in [4.78, 5) is 15.1. The normalized spacial score (nSPS) is 10.1. The number of carbonyl (C=O) groups is 1. The first-order valence-electron chi connectivity index (χ1n) is 5.61. The van der Waals surface area contributed by atoms with Gasteiger partial charge in [0.15, 0.2) is 0 Å². The lowest BCUT2D eigenvalue weighted by Gasteiger charge is -2.05. The van der Waals surface area contributed by atoms with Crippen LogP contribution >= 0.6 is 11.6 Å². The molecule has 0 atom stereocenters. The van der Waals surface area contributed by atoms with Crippen molar-refractivity contribution in [2.75, 3.05) is 11.2 Å². The molecule has 0 radical (unpaired) electrons. The van der Waals surface area contributed by atoms with E-state index in [0.717, 1.165) is 12.1 Å². The molecule has 1 heterocycles. The Morgan fingerprint density at radius 2 is 1.67 bits per heavy atom. The SMILES string of the molecule is O=C(CCl)Nc1ccc(Cc2ccncc2)cc1. The van der Waals surface area contributed by atoms with E-state index in [2.05, 4.69) is 10.3 Å². The van der Waals surface area contributed by atoms with Crippen LogP contribution in [0.15, 0.2) is 48.8 Å². The number of nitrogens with one attached hydrogen (secondary N) is 1. The highest BCUT2D eigenvalue weighted by atomic mass is 35.5. The first kappa shape index (κ1) is 12.6. The lowest BCUT2D eigenvalue weighted by molar-refractivity contribution is -0.113. The summed E-state index contributed by atoms with van der Waals surface area (Å²) in [7, 11) is 0. The van der Waals surface area contributed by atoms with Gasteiger partial charge in [0.1, 0.15) is 5.88 Å². The van der Waals surface area contributed by atoms with Gasteiger partial charge in [-0.3, -0.25) is 9.78 Å². The number of hydrogen-bond donors (Lipinski definition) is 1. The molecule has 0 aliphatic heterocycles. The average molecular weight is 261 g/mol. The number of pyridine rings is 1. The third kappa shape index (κ3) is 3.57. The van der Waals surface area contributed by atoms with Crippen molar-refractivity contribution in [1.29, 1.82) is 0 Å². The highest BCUT2D eigenvalue weighted by Gasteiger charge is 2.00. The van der Waals surface area contributed by atoms with Crippen LogP contribution in [-0.2, 0) is 11.2 Å². The zero-order valence-corrected chi connectivity index (χ0v) is 10.5. The van der Waals surface area contributed by atoms with Gasteiger partial charge < -0.3 is 5.32 Å². The van der Waals surface area contributed by atoms with E-state index in [1.165, 1.54) is 11.1 Å². The molecule has 3 nitrogen and oxygen atoms in total. The second-order valence-corrected chi connectivity index (χ2v) is 4.18. The van der Waals surface area contributed by atoms with Crippen LogP contribution in [0.1, 0.15) is 11.1 Å². The van der Waals surface area contributed by atoms with E-state index in [1.807, 2.05) is 36.4 Å². The van der Waals surface area contributed by atoms with Gasteiger partial charge in [0.25, 0.3) is 0 Å². The molecular weight excluding hydrogens is 248 g/mol. The summed E-state index contributed by atoms with van der Waals surface area (Å²) < 4.78 is 0. The number of aromatic nitrogens is 1. The number of benzene rings is 1. The number of alkyl halides is 1. The van der Waals surface area contributed by atoms with Crippen molar-refractivity contribution in [3.8, 4) is 0 Å². The molecule has 0 spiro atoms. The van der Waals surface area contributed by atoms with Crippen molar-refractivity contribution in [2.24, 2.45) is 0 Å². The van der Waals surface area contributed by atoms with E-state index in [4.69, 9.17) is 11.6 Å². The number of rotatable bonds is 4. The van der Waals surface area contributed by atoms with Gasteiger partial charge >= 0.3 is 0 Å². The van der Waals surface area contributed by atoms with Crippen LogP contribution in [0.25, 0.3) is 0 Å². The zero-order chi connectivity index (χ0) is 12.8. The van der Waals surface area contributed by atoms with Gasteiger partial charge in [0, 0.05) is 18.1 Å². The van der Waals surface area contributed by atoms with Crippen LogP contribution in [0.4, 0.5) is 5.69 Å². The summed E-state index contributed by atoms with van der Waals surface area (Å²) in [6.07, 6.45) is 4.42. The second kappa shape index (κ2) is 6.17. The van der Waals surface area contributed by atoms with Crippen molar-refractivity contribution in [3.63, 3.8) is 0 Å². The number of anilines is 1. The van der Waals surface area contributed by atoms with Gasteiger partial charge in [-0.25, -0.2) is 0 Å². The van der Waals surface area contributed by atoms with Crippen molar-refractivity contribution in [1.82, 2.24) is 4.98 Å². The highest BCUT2D eigenvalue weighted by Crippen LogP contribution is 2.13. The van der Waals surface area contributed by atoms with Gasteiger partial charge in [-0.05, 0) is 41.8 Å². The summed E-state index contributed by atoms with van der Waals surface area (Å²) in [6, 6.07) is 11.7. The number of amides is 1. The van der Waals surface area contributed by atoms with Gasteiger partial charge in [0.05, 0.1) is 0 Å². The lowest BCUT2D eigenvalue weighted by Crippen LogP contribution is -2.12. The number of halogens is 1. The van der Waals surface area contributed by atoms with Crippen LogP contribution in [-0.4, -0.2) is 16.8 Å². The molecule has 1 aromatic heterocycles. The third-order valence-electron chi connectivity index (χ3n) is 2.52. The summed E-state index contributed by atoms with van der Waals surface area (Å²) >= 11 is 5.42. The molecule has 1 aromatic carbocycles. The van der Waals surface area contributed by atoms with Crippen LogP contribution in [0.5, 0.6) is 0 Å². The van der Waals surface area contributed by atoms with Crippen LogP contribution in [0, 0.1) is 0 Å². The van der Waals surface area contributed by atoms with Gasteiger partial charge in [0.2, 0.25) is 5.91 Å². The van der Waals surface area contributed by atoms with Crippen molar-refractivity contribution >= 4 is 23.2 Å². The van der Waals surface area contributed by atoms with Crippen molar-refractivity contribution in [3.05, 3.63) is 59.9 Å². The molecule has 0 saturated carbocycles. The maximum atomic E-state index is 11.1. The molecule has 1 amide bonds. The van der Waals surface area contributed by atoms with E-state index < -0.39 is 0 Å². The standard InChI is InChI=1S/C14H13ClN2O/c15-10-14(18)17-13-3-1-11(2-4-13)9-12-5-7-16-8-6-12/h1-8H,9-10H2,(H,17,18). The Labute approximate surface area is 111 Å². The summed E-state index contributed by atoms with van der Waals surface area (Å²) in [5, 5.41) is 2.70. The molecule has 1 N–H and O–H groups in total. The number of carbonyl (C=O) groups excluding carboxylic acids is 1. The second-order valence-electron chi connectivity index (χ2n) is 3.91. The molecule has 0 unspecified atom stereocenters. The molecule has 92 valence electrons. The first-order valence-corrected chi connectivity index (χ1v) is 6.15. The van der Waals surface area contributed by atoms with E-state index >= 15 is 0 Å². The molecule has 0 saturated heterocycles. The molecule has 2 aromatic rings. The third-order valence-corrected chi connectivity index (χ3v) is 2.76. The van der Waals surface area contributed by atoms with Crippen LogP contribution < -0.4 is 5.32 Å². The molecular formula is C14H13ClN2O. The van der Waals surface area contributed by atoms with Gasteiger partial charge in [-0.15, -0.1) is 11.6 Å². The van der Waals surface area contributed by atoms with Crippen molar-refractivity contribution in [2.45, 2.75) is 6.42 Å². The molecule has 0 bridgehead atoms. The van der Waals surface area contributed by atoms with E-state index in [9.17, 15) is 4.79 Å². The Balaban J connectivity index is 2.02. The van der Waals surface area contributed by atoms with E-state index in [0.29, 0.717) is 0 Å². The first-order chi connectivity index (χ1) is 8.78. The van der Waals surface area contributed by atoms with E-state index in [-0.39, 0.29) is 11.8 Å². The number of nitrogens with zero attached hydrogens (tertiary/aromatic N) is 1. The summed E-state index contributed by atoms with van der Waals surface area (Å²) in [6.45, 7) is 0. The summed E-state index contributed by atoms with van der Waals surface area (Å²) in [5.74, 6) is -0.225. The van der Waals surface area contributed by atoms with Crippen molar-refractivity contribution < 1.29 is 4.79 Å². The molecule has 0 aliphatic carbocycles. The molecule has 18 heavy (non-hydrogen) atoms. The highest BCUT2D eigenvalue weighted by molar-refractivity contribution is 6.29. The van der Waals surface area contributed by atoms with Gasteiger partial charge in [-0.2, -0.15) is 0 Å². The Kier molecular flexibility index (Phi) is 4.31.